The van der Waals surface area contributed by atoms with Gasteiger partial charge in [-0.25, -0.2) is 4.39 Å². The van der Waals surface area contributed by atoms with Crippen molar-refractivity contribution in [2.24, 2.45) is 5.16 Å². The number of ketones is 1. The van der Waals surface area contributed by atoms with Crippen molar-refractivity contribution in [3.05, 3.63) is 113 Å². The van der Waals surface area contributed by atoms with E-state index in [1.807, 2.05) is 60.7 Å². The van der Waals surface area contributed by atoms with Crippen molar-refractivity contribution in [3.63, 3.8) is 0 Å². The molecule has 0 fully saturated rings. The van der Waals surface area contributed by atoms with Crippen molar-refractivity contribution in [3.8, 4) is 0 Å². The first-order valence-corrected chi connectivity index (χ1v) is 10.7. The average Bonchev–Trinajstić information content (AvgIpc) is 3.22. The number of oxime groups is 1. The quantitative estimate of drug-likeness (QED) is 0.431. The van der Waals surface area contributed by atoms with Crippen LogP contribution in [0.5, 0.6) is 0 Å². The molecule has 1 aromatic heterocycles. The predicted molar refractivity (Wildman–Crippen MR) is 120 cm³/mol. The predicted octanol–water partition coefficient (Wildman–Crippen LogP) is 5.46. The lowest BCUT2D eigenvalue weighted by molar-refractivity contribution is -0.0198. The Bertz CT molecular complexity index is 1380. The number of nitrogens with zero attached hydrogens (tertiary/aromatic N) is 2. The van der Waals surface area contributed by atoms with Gasteiger partial charge in [0.15, 0.2) is 0 Å². The van der Waals surface area contributed by atoms with E-state index in [0.717, 1.165) is 27.7 Å². The van der Waals surface area contributed by atoms with Crippen molar-refractivity contribution in [1.29, 1.82) is 0 Å². The number of hydrogen-bond acceptors (Lipinski definition) is 4. The lowest BCUT2D eigenvalue weighted by Crippen LogP contribution is -2.48. The molecule has 1 spiro atoms. The molecule has 0 radical (unpaired) electrons. The van der Waals surface area contributed by atoms with E-state index in [1.165, 1.54) is 12.1 Å². The van der Waals surface area contributed by atoms with Crippen molar-refractivity contribution in [2.75, 3.05) is 0 Å². The smallest absolute Gasteiger partial charge is 0.212 e. The second-order valence-electron chi connectivity index (χ2n) is 8.31. The zero-order valence-corrected chi connectivity index (χ0v) is 17.2. The molecule has 0 saturated carbocycles. The molecule has 5 heteroatoms. The zero-order chi connectivity index (χ0) is 21.7. The van der Waals surface area contributed by atoms with E-state index in [0.29, 0.717) is 24.1 Å². The van der Waals surface area contributed by atoms with Crippen LogP contribution in [-0.4, -0.2) is 22.1 Å². The summed E-state index contributed by atoms with van der Waals surface area (Å²) in [4.78, 5) is 24.8. The van der Waals surface area contributed by atoms with Crippen LogP contribution in [0.1, 0.15) is 39.5 Å². The fourth-order valence-corrected chi connectivity index (χ4v) is 4.92. The summed E-state index contributed by atoms with van der Waals surface area (Å²) in [6.45, 7) is 0. The van der Waals surface area contributed by atoms with Gasteiger partial charge in [-0.15, -0.1) is 0 Å². The lowest BCUT2D eigenvalue weighted by Gasteiger charge is -2.35. The van der Waals surface area contributed by atoms with Gasteiger partial charge in [-0.3, -0.25) is 9.78 Å². The number of Topliss-reactive ketones (excluding diaryl/α,β-unsaturated/α-hetero) is 1. The first kappa shape index (κ1) is 18.9. The topological polar surface area (TPSA) is 51.5 Å². The van der Waals surface area contributed by atoms with Crippen molar-refractivity contribution >= 4 is 22.4 Å². The van der Waals surface area contributed by atoms with Gasteiger partial charge in [0, 0.05) is 22.9 Å². The minimum absolute atomic E-state index is 0.124. The zero-order valence-electron chi connectivity index (χ0n) is 17.2. The molecule has 32 heavy (non-hydrogen) atoms. The highest BCUT2D eigenvalue weighted by Gasteiger charge is 2.57. The Hall–Kier alpha value is -3.86. The van der Waals surface area contributed by atoms with E-state index in [4.69, 9.17) is 9.82 Å². The molecule has 1 aliphatic carbocycles. The van der Waals surface area contributed by atoms with Crippen molar-refractivity contribution in [1.82, 2.24) is 4.98 Å². The number of para-hydroxylation sites is 1. The highest BCUT2D eigenvalue weighted by molar-refractivity contribution is 6.15. The molecule has 1 aliphatic heterocycles. The van der Waals surface area contributed by atoms with E-state index in [1.54, 1.807) is 12.1 Å². The summed E-state index contributed by atoms with van der Waals surface area (Å²) in [5.41, 5.74) is 3.42. The van der Waals surface area contributed by atoms with Gasteiger partial charge in [-0.05, 0) is 36.2 Å². The summed E-state index contributed by atoms with van der Waals surface area (Å²) in [5.74, 6) is -0.894. The summed E-state index contributed by atoms with van der Waals surface area (Å²) in [5, 5.41) is 5.34. The number of carbonyl (C=O) groups is 1. The maximum absolute atomic E-state index is 14.0. The number of pyridine rings is 1. The number of aromatic nitrogens is 1. The average molecular weight is 422 g/mol. The summed E-state index contributed by atoms with van der Waals surface area (Å²) in [6, 6.07) is 25.7. The molecule has 2 heterocycles. The number of aryl methyl sites for hydroxylation is 1. The van der Waals surface area contributed by atoms with E-state index in [2.05, 4.69) is 5.16 Å². The van der Waals surface area contributed by atoms with Crippen LogP contribution in [0.25, 0.3) is 10.9 Å². The van der Waals surface area contributed by atoms with Crippen molar-refractivity contribution in [2.45, 2.75) is 24.4 Å². The Kier molecular flexibility index (Phi) is 4.18. The van der Waals surface area contributed by atoms with Crippen LogP contribution in [0.3, 0.4) is 0 Å². The summed E-state index contributed by atoms with van der Waals surface area (Å²) >= 11 is 0. The molecule has 6 rings (SSSR count). The Morgan fingerprint density at radius 3 is 2.50 bits per heavy atom. The van der Waals surface area contributed by atoms with Crippen LogP contribution < -0.4 is 0 Å². The van der Waals surface area contributed by atoms with Gasteiger partial charge in [0.2, 0.25) is 11.4 Å². The monoisotopic (exact) mass is 422 g/mol. The molecule has 0 amide bonds. The molecule has 4 aromatic rings. The van der Waals surface area contributed by atoms with E-state index in [9.17, 15) is 9.18 Å². The molecule has 2 aliphatic rings. The number of hydrogen-bond donors (Lipinski definition) is 0. The Labute approximate surface area is 184 Å². The number of carbonyl (C=O) groups excluding carboxylic acids is 1. The van der Waals surface area contributed by atoms with Crippen LogP contribution in [0.2, 0.25) is 0 Å². The van der Waals surface area contributed by atoms with Crippen LogP contribution in [0, 0.1) is 5.82 Å². The van der Waals surface area contributed by atoms with E-state index >= 15 is 0 Å². The maximum atomic E-state index is 14.0. The first-order chi connectivity index (χ1) is 15.7. The largest absolute Gasteiger partial charge is 0.379 e. The van der Waals surface area contributed by atoms with Gasteiger partial charge in [0.05, 0.1) is 22.8 Å². The molecule has 156 valence electrons. The van der Waals surface area contributed by atoms with E-state index in [-0.39, 0.29) is 11.6 Å². The number of halogens is 1. The molecule has 3 aromatic carbocycles. The van der Waals surface area contributed by atoms with E-state index < -0.39 is 11.5 Å². The van der Waals surface area contributed by atoms with Crippen LogP contribution >= 0.6 is 0 Å². The standard InChI is InChI=1S/C27H19FN2O2/c28-20-12-10-17(11-13-20)24-25(18-6-2-1-3-7-18)30-32-27(24)15-14-23-21(26(27)31)16-19-8-4-5-9-22(19)29-23/h1-13,16,24H,14-15H2/t24-,27-/m1/s1. The minimum Gasteiger partial charge on any atom is -0.379 e. The molecule has 2 atom stereocenters. The molecule has 0 N–H and O–H groups in total. The SMILES string of the molecule is O=C1c2cc3ccccc3nc2CC[C@]12ON=C(c1ccccc1)[C@H]2c1ccc(F)cc1. The normalized spacial score (nSPS) is 22.0. The maximum Gasteiger partial charge on any atom is 0.212 e. The minimum atomic E-state index is -1.18. The second kappa shape index (κ2) is 7.09. The van der Waals surface area contributed by atoms with Gasteiger partial charge in [0.25, 0.3) is 0 Å². The summed E-state index contributed by atoms with van der Waals surface area (Å²) in [6.07, 6.45) is 1.05. The molecular weight excluding hydrogens is 403 g/mol. The third-order valence-electron chi connectivity index (χ3n) is 6.48. The molecule has 0 saturated heterocycles. The number of rotatable bonds is 2. The second-order valence-corrected chi connectivity index (χ2v) is 8.31. The van der Waals surface area contributed by atoms with Crippen LogP contribution in [0.4, 0.5) is 4.39 Å². The highest BCUT2D eigenvalue weighted by atomic mass is 19.1. The van der Waals surface area contributed by atoms with Crippen LogP contribution in [0.15, 0.2) is 90.1 Å². The molecule has 0 bridgehead atoms. The van der Waals surface area contributed by atoms with Gasteiger partial charge in [0.1, 0.15) is 5.82 Å². The van der Waals surface area contributed by atoms with Crippen LogP contribution in [-0.2, 0) is 11.3 Å². The fraction of sp³-hybridized carbons (Fsp3) is 0.148. The van der Waals surface area contributed by atoms with Crippen molar-refractivity contribution < 1.29 is 14.0 Å². The molecule has 0 unspecified atom stereocenters. The third-order valence-corrected chi connectivity index (χ3v) is 6.48. The third kappa shape index (κ3) is 2.78. The highest BCUT2D eigenvalue weighted by Crippen LogP contribution is 2.47. The number of benzene rings is 3. The summed E-state index contributed by atoms with van der Waals surface area (Å²) < 4.78 is 13.7. The lowest BCUT2D eigenvalue weighted by atomic mass is 9.68. The Morgan fingerprint density at radius 2 is 1.69 bits per heavy atom. The molecule has 4 nitrogen and oxygen atoms in total. The Balaban J connectivity index is 1.51. The van der Waals surface area contributed by atoms with Gasteiger partial charge < -0.3 is 4.84 Å². The first-order valence-electron chi connectivity index (χ1n) is 10.7. The van der Waals surface area contributed by atoms with Gasteiger partial charge >= 0.3 is 0 Å². The molecular formula is C27H19FN2O2. The number of fused-ring (bicyclic) bond motifs is 2. The fourth-order valence-electron chi connectivity index (χ4n) is 4.92. The summed E-state index contributed by atoms with van der Waals surface area (Å²) in [7, 11) is 0. The van der Waals surface area contributed by atoms with Gasteiger partial charge in [-0.2, -0.15) is 0 Å². The van der Waals surface area contributed by atoms with Gasteiger partial charge in [-0.1, -0.05) is 65.8 Å². The Morgan fingerprint density at radius 1 is 0.938 bits per heavy atom.